The predicted octanol–water partition coefficient (Wildman–Crippen LogP) is 2.04. The van der Waals surface area contributed by atoms with Crippen molar-refractivity contribution < 1.29 is 0 Å². The molecular weight excluding hydrogens is 212 g/mol. The van der Waals surface area contributed by atoms with Gasteiger partial charge in [0.15, 0.2) is 0 Å². The molecule has 2 atom stereocenters. The number of hydrogen-bond acceptors (Lipinski definition) is 3. The summed E-state index contributed by atoms with van der Waals surface area (Å²) in [5.41, 5.74) is 7.88. The molecule has 17 heavy (non-hydrogen) atoms. The highest BCUT2D eigenvalue weighted by Gasteiger charge is 2.25. The van der Waals surface area contributed by atoms with E-state index in [0.29, 0.717) is 12.0 Å². The zero-order chi connectivity index (χ0) is 11.8. The van der Waals surface area contributed by atoms with Crippen LogP contribution >= 0.6 is 0 Å². The number of aryl methyl sites for hydroxylation is 1. The fourth-order valence-corrected chi connectivity index (χ4v) is 2.91. The largest absolute Gasteiger partial charge is 0.330 e. The zero-order valence-corrected chi connectivity index (χ0v) is 10.1. The normalized spacial score (nSPS) is 24.6. The molecule has 2 aromatic rings. The molecule has 2 aromatic heterocycles. The van der Waals surface area contributed by atoms with Gasteiger partial charge in [-0.05, 0) is 44.7 Å². The first kappa shape index (κ1) is 10.7. The van der Waals surface area contributed by atoms with Crippen molar-refractivity contribution in [2.45, 2.75) is 32.2 Å². The predicted molar refractivity (Wildman–Crippen MR) is 67.7 cm³/mol. The van der Waals surface area contributed by atoms with Crippen molar-refractivity contribution in [2.24, 2.45) is 11.7 Å². The second kappa shape index (κ2) is 4.11. The third-order valence-electron chi connectivity index (χ3n) is 3.95. The van der Waals surface area contributed by atoms with E-state index in [2.05, 4.69) is 26.8 Å². The van der Waals surface area contributed by atoms with Crippen molar-refractivity contribution in [1.82, 2.24) is 14.5 Å². The standard InChI is InChI=1S/C13H18N4/c1-9-12-4-5-17(13(12)16-8-15-9)11-3-2-10(6-11)7-14/h4-5,8,10-11H,2-3,6-7,14H2,1H3. The van der Waals surface area contributed by atoms with Crippen LogP contribution in [0.5, 0.6) is 0 Å². The lowest BCUT2D eigenvalue weighted by atomic mass is 10.1. The maximum atomic E-state index is 5.75. The molecule has 3 rings (SSSR count). The summed E-state index contributed by atoms with van der Waals surface area (Å²) in [5.74, 6) is 0.681. The first-order chi connectivity index (χ1) is 8.29. The van der Waals surface area contributed by atoms with E-state index in [1.807, 2.05) is 6.92 Å². The molecule has 2 heterocycles. The molecule has 2 N–H and O–H groups in total. The van der Waals surface area contributed by atoms with Crippen LogP contribution in [0.3, 0.4) is 0 Å². The third-order valence-corrected chi connectivity index (χ3v) is 3.95. The molecule has 0 amide bonds. The van der Waals surface area contributed by atoms with Gasteiger partial charge >= 0.3 is 0 Å². The third kappa shape index (κ3) is 1.72. The Morgan fingerprint density at radius 2 is 2.29 bits per heavy atom. The van der Waals surface area contributed by atoms with Crippen LogP contribution in [0.25, 0.3) is 11.0 Å². The van der Waals surface area contributed by atoms with Gasteiger partial charge in [0.2, 0.25) is 0 Å². The molecule has 1 aliphatic rings. The van der Waals surface area contributed by atoms with Gasteiger partial charge in [0.05, 0.1) is 5.69 Å². The van der Waals surface area contributed by atoms with Gasteiger partial charge in [-0.2, -0.15) is 0 Å². The summed E-state index contributed by atoms with van der Waals surface area (Å²) in [6.07, 6.45) is 7.45. The van der Waals surface area contributed by atoms with Gasteiger partial charge in [0.25, 0.3) is 0 Å². The molecule has 0 bridgehead atoms. The van der Waals surface area contributed by atoms with Crippen LogP contribution in [0.15, 0.2) is 18.6 Å². The Morgan fingerprint density at radius 3 is 3.06 bits per heavy atom. The van der Waals surface area contributed by atoms with Gasteiger partial charge in [-0.3, -0.25) is 0 Å². The molecule has 4 heteroatoms. The van der Waals surface area contributed by atoms with E-state index in [0.717, 1.165) is 17.9 Å². The summed E-state index contributed by atoms with van der Waals surface area (Å²) < 4.78 is 2.31. The van der Waals surface area contributed by atoms with Crippen molar-refractivity contribution in [2.75, 3.05) is 6.54 Å². The maximum absolute atomic E-state index is 5.75. The van der Waals surface area contributed by atoms with Crippen LogP contribution < -0.4 is 5.73 Å². The lowest BCUT2D eigenvalue weighted by molar-refractivity contribution is 0.490. The van der Waals surface area contributed by atoms with E-state index < -0.39 is 0 Å². The molecule has 1 aliphatic carbocycles. The average molecular weight is 230 g/mol. The number of nitrogens with two attached hydrogens (primary N) is 1. The summed E-state index contributed by atoms with van der Waals surface area (Å²) in [7, 11) is 0. The number of hydrogen-bond donors (Lipinski definition) is 1. The summed E-state index contributed by atoms with van der Waals surface area (Å²) in [6, 6.07) is 2.69. The Bertz CT molecular complexity index is 531. The van der Waals surface area contributed by atoms with Crippen LogP contribution in [0, 0.1) is 12.8 Å². The van der Waals surface area contributed by atoms with Gasteiger partial charge in [-0.25, -0.2) is 9.97 Å². The minimum atomic E-state index is 0.565. The van der Waals surface area contributed by atoms with E-state index >= 15 is 0 Å². The summed E-state index contributed by atoms with van der Waals surface area (Å²) in [4.78, 5) is 8.65. The van der Waals surface area contributed by atoms with Crippen LogP contribution in [-0.4, -0.2) is 21.1 Å². The van der Waals surface area contributed by atoms with Crippen molar-refractivity contribution in [3.05, 3.63) is 24.3 Å². The number of rotatable bonds is 2. The highest BCUT2D eigenvalue weighted by atomic mass is 15.1. The Labute approximate surface area is 101 Å². The Hall–Kier alpha value is -1.42. The van der Waals surface area contributed by atoms with E-state index in [9.17, 15) is 0 Å². The Morgan fingerprint density at radius 1 is 1.41 bits per heavy atom. The molecule has 0 aromatic carbocycles. The van der Waals surface area contributed by atoms with Crippen molar-refractivity contribution >= 4 is 11.0 Å². The Balaban J connectivity index is 1.99. The fourth-order valence-electron chi connectivity index (χ4n) is 2.91. The molecule has 2 unspecified atom stereocenters. The van der Waals surface area contributed by atoms with Crippen molar-refractivity contribution in [3.8, 4) is 0 Å². The lowest BCUT2D eigenvalue weighted by Gasteiger charge is -2.13. The van der Waals surface area contributed by atoms with Crippen LogP contribution in [0.1, 0.15) is 31.0 Å². The van der Waals surface area contributed by atoms with Gasteiger partial charge < -0.3 is 10.3 Å². The molecule has 0 spiro atoms. The number of nitrogens with zero attached hydrogens (tertiary/aromatic N) is 3. The monoisotopic (exact) mass is 230 g/mol. The minimum Gasteiger partial charge on any atom is -0.330 e. The maximum Gasteiger partial charge on any atom is 0.143 e. The lowest BCUT2D eigenvalue weighted by Crippen LogP contribution is -2.12. The van der Waals surface area contributed by atoms with Crippen molar-refractivity contribution in [1.29, 1.82) is 0 Å². The molecule has 0 saturated heterocycles. The van der Waals surface area contributed by atoms with Gasteiger partial charge in [0, 0.05) is 17.6 Å². The molecule has 0 radical (unpaired) electrons. The quantitative estimate of drug-likeness (QED) is 0.859. The first-order valence-corrected chi connectivity index (χ1v) is 6.28. The average Bonchev–Trinajstić information content (AvgIpc) is 2.94. The molecule has 1 saturated carbocycles. The number of aromatic nitrogens is 3. The molecule has 0 aliphatic heterocycles. The van der Waals surface area contributed by atoms with Crippen LogP contribution in [0.2, 0.25) is 0 Å². The van der Waals surface area contributed by atoms with E-state index in [1.165, 1.54) is 24.6 Å². The minimum absolute atomic E-state index is 0.565. The van der Waals surface area contributed by atoms with Crippen molar-refractivity contribution in [3.63, 3.8) is 0 Å². The smallest absolute Gasteiger partial charge is 0.143 e. The second-order valence-electron chi connectivity index (χ2n) is 4.99. The fraction of sp³-hybridized carbons (Fsp3) is 0.538. The Kier molecular flexibility index (Phi) is 2.59. The number of fused-ring (bicyclic) bond motifs is 1. The molecule has 4 nitrogen and oxygen atoms in total. The van der Waals surface area contributed by atoms with Gasteiger partial charge in [0.1, 0.15) is 12.0 Å². The first-order valence-electron chi connectivity index (χ1n) is 6.28. The SMILES string of the molecule is Cc1ncnc2c1ccn2C1CCC(CN)C1. The van der Waals surface area contributed by atoms with Crippen LogP contribution in [-0.2, 0) is 0 Å². The highest BCUT2D eigenvalue weighted by molar-refractivity contribution is 5.78. The van der Waals surface area contributed by atoms with Gasteiger partial charge in [-0.15, -0.1) is 0 Å². The zero-order valence-electron chi connectivity index (χ0n) is 10.1. The molecule has 90 valence electrons. The van der Waals surface area contributed by atoms with Crippen LogP contribution in [0.4, 0.5) is 0 Å². The topological polar surface area (TPSA) is 56.7 Å². The molecule has 1 fully saturated rings. The van der Waals surface area contributed by atoms with E-state index in [-0.39, 0.29) is 0 Å². The van der Waals surface area contributed by atoms with Gasteiger partial charge in [-0.1, -0.05) is 0 Å². The second-order valence-corrected chi connectivity index (χ2v) is 4.99. The summed E-state index contributed by atoms with van der Waals surface area (Å²) in [5, 5.41) is 1.17. The highest BCUT2D eigenvalue weighted by Crippen LogP contribution is 2.35. The summed E-state index contributed by atoms with van der Waals surface area (Å²) in [6.45, 7) is 2.84. The summed E-state index contributed by atoms with van der Waals surface area (Å²) >= 11 is 0. The molecular formula is C13H18N4. The van der Waals surface area contributed by atoms with E-state index in [4.69, 9.17) is 5.73 Å². The van der Waals surface area contributed by atoms with E-state index in [1.54, 1.807) is 6.33 Å².